The summed E-state index contributed by atoms with van der Waals surface area (Å²) in [4.78, 5) is 0. The maximum atomic E-state index is 11.1. The monoisotopic (exact) mass is 193 g/mol. The van der Waals surface area contributed by atoms with E-state index in [-0.39, 0.29) is 12.7 Å². The summed E-state index contributed by atoms with van der Waals surface area (Å²) in [6.07, 6.45) is 4.09. The molecular weight excluding hydrogens is 178 g/mol. The van der Waals surface area contributed by atoms with Gasteiger partial charge in [-0.05, 0) is 12.8 Å². The van der Waals surface area contributed by atoms with E-state index in [0.29, 0.717) is 0 Å². The minimum absolute atomic E-state index is 0.0535. The van der Waals surface area contributed by atoms with Gasteiger partial charge in [0.2, 0.25) is 0 Å². The Hall–Kier alpha value is -0.170. The number of nitrogens with two attached hydrogens (primary N) is 1. The molecular formula is C6H15N3O2S. The van der Waals surface area contributed by atoms with Gasteiger partial charge in [0.05, 0.1) is 6.67 Å². The fourth-order valence-electron chi connectivity index (χ4n) is 1.41. The Morgan fingerprint density at radius 3 is 2.42 bits per heavy atom. The maximum Gasteiger partial charge on any atom is 0.278 e. The highest BCUT2D eigenvalue weighted by molar-refractivity contribution is 7.87. The molecule has 1 fully saturated rings. The number of rotatable bonds is 4. The molecule has 6 heteroatoms. The van der Waals surface area contributed by atoms with Gasteiger partial charge in [-0.3, -0.25) is 0 Å². The first kappa shape index (κ1) is 9.91. The summed E-state index contributed by atoms with van der Waals surface area (Å²) in [7, 11) is -3.34. The van der Waals surface area contributed by atoms with Crippen molar-refractivity contribution in [3.8, 4) is 0 Å². The molecule has 0 heterocycles. The SMILES string of the molecule is NCNS(=O)(=O)NC1CCCC1. The van der Waals surface area contributed by atoms with Crippen LogP contribution in [0.1, 0.15) is 25.7 Å². The number of hydrogen-bond donors (Lipinski definition) is 3. The van der Waals surface area contributed by atoms with Gasteiger partial charge in [0.1, 0.15) is 0 Å². The van der Waals surface area contributed by atoms with Crippen molar-refractivity contribution in [2.45, 2.75) is 31.7 Å². The molecule has 72 valence electrons. The van der Waals surface area contributed by atoms with E-state index in [9.17, 15) is 8.42 Å². The van der Waals surface area contributed by atoms with Crippen LogP contribution in [0.5, 0.6) is 0 Å². The Bertz CT molecular complexity index is 221. The summed E-state index contributed by atoms with van der Waals surface area (Å²) in [5.41, 5.74) is 5.06. The summed E-state index contributed by atoms with van der Waals surface area (Å²) in [5, 5.41) is 0. The molecule has 1 rings (SSSR count). The molecule has 1 saturated carbocycles. The molecule has 0 saturated heterocycles. The third-order valence-electron chi connectivity index (χ3n) is 1.95. The van der Waals surface area contributed by atoms with Gasteiger partial charge in [-0.25, -0.2) is 0 Å². The van der Waals surface area contributed by atoms with Gasteiger partial charge >= 0.3 is 0 Å². The smallest absolute Gasteiger partial charge is 0.278 e. The summed E-state index contributed by atoms with van der Waals surface area (Å²) in [6, 6.07) is 0.106. The zero-order valence-electron chi connectivity index (χ0n) is 6.91. The van der Waals surface area contributed by atoms with E-state index in [0.717, 1.165) is 25.7 Å². The molecule has 0 bridgehead atoms. The lowest BCUT2D eigenvalue weighted by molar-refractivity contribution is 0.540. The van der Waals surface area contributed by atoms with Crippen molar-refractivity contribution in [1.82, 2.24) is 9.44 Å². The molecule has 0 unspecified atom stereocenters. The van der Waals surface area contributed by atoms with E-state index in [1.807, 2.05) is 0 Å². The van der Waals surface area contributed by atoms with E-state index in [1.54, 1.807) is 0 Å². The second-order valence-corrected chi connectivity index (χ2v) is 4.48. The van der Waals surface area contributed by atoms with Crippen LogP contribution in [-0.2, 0) is 10.2 Å². The van der Waals surface area contributed by atoms with Crippen LogP contribution in [0.25, 0.3) is 0 Å². The second-order valence-electron chi connectivity index (χ2n) is 2.95. The van der Waals surface area contributed by atoms with Crippen molar-refractivity contribution < 1.29 is 8.42 Å². The fourth-order valence-corrected chi connectivity index (χ4v) is 2.39. The summed E-state index contributed by atoms with van der Waals surface area (Å²) < 4.78 is 26.9. The highest BCUT2D eigenvalue weighted by Gasteiger charge is 2.20. The van der Waals surface area contributed by atoms with Crippen molar-refractivity contribution in [2.24, 2.45) is 5.73 Å². The van der Waals surface area contributed by atoms with Crippen molar-refractivity contribution in [3.63, 3.8) is 0 Å². The summed E-state index contributed by atoms with van der Waals surface area (Å²) in [5.74, 6) is 0. The molecule has 0 atom stereocenters. The first-order valence-corrected chi connectivity index (χ1v) is 5.59. The van der Waals surface area contributed by atoms with E-state index in [4.69, 9.17) is 5.73 Å². The Balaban J connectivity index is 2.38. The highest BCUT2D eigenvalue weighted by Crippen LogP contribution is 2.17. The van der Waals surface area contributed by atoms with Crippen LogP contribution in [0, 0.1) is 0 Å². The Morgan fingerprint density at radius 2 is 1.92 bits per heavy atom. The fraction of sp³-hybridized carbons (Fsp3) is 1.00. The van der Waals surface area contributed by atoms with E-state index >= 15 is 0 Å². The molecule has 0 aromatic rings. The first-order valence-electron chi connectivity index (χ1n) is 4.11. The standard InChI is InChI=1S/C6H15N3O2S/c7-5-8-12(10,11)9-6-3-1-2-4-6/h6,8-9H,1-5,7H2. The van der Waals surface area contributed by atoms with Gasteiger partial charge in [-0.1, -0.05) is 12.8 Å². The lowest BCUT2D eigenvalue weighted by Crippen LogP contribution is -2.43. The van der Waals surface area contributed by atoms with E-state index in [1.165, 1.54) is 0 Å². The van der Waals surface area contributed by atoms with Crippen molar-refractivity contribution in [2.75, 3.05) is 6.67 Å². The topological polar surface area (TPSA) is 84.2 Å². The van der Waals surface area contributed by atoms with Crippen LogP contribution in [0.4, 0.5) is 0 Å². The van der Waals surface area contributed by atoms with Crippen LogP contribution >= 0.6 is 0 Å². The molecule has 1 aliphatic carbocycles. The normalized spacial score (nSPS) is 20.1. The molecule has 0 amide bonds. The molecule has 4 N–H and O–H groups in total. The van der Waals surface area contributed by atoms with Crippen molar-refractivity contribution in [3.05, 3.63) is 0 Å². The van der Waals surface area contributed by atoms with Gasteiger partial charge in [0, 0.05) is 6.04 Å². The Morgan fingerprint density at radius 1 is 1.33 bits per heavy atom. The summed E-state index contributed by atoms with van der Waals surface area (Å²) >= 11 is 0. The molecule has 1 aliphatic rings. The van der Waals surface area contributed by atoms with Crippen LogP contribution in [0.15, 0.2) is 0 Å². The molecule has 0 aromatic heterocycles. The molecule has 0 aliphatic heterocycles. The van der Waals surface area contributed by atoms with Gasteiger partial charge in [-0.15, -0.1) is 0 Å². The lowest BCUT2D eigenvalue weighted by atomic mass is 10.3. The van der Waals surface area contributed by atoms with Gasteiger partial charge in [0.15, 0.2) is 0 Å². The van der Waals surface area contributed by atoms with Crippen LogP contribution in [0.2, 0.25) is 0 Å². The minimum Gasteiger partial charge on any atom is -0.318 e. The first-order chi connectivity index (χ1) is 5.64. The zero-order chi connectivity index (χ0) is 9.03. The molecule has 0 spiro atoms. The number of nitrogens with one attached hydrogen (secondary N) is 2. The average molecular weight is 193 g/mol. The Labute approximate surface area is 72.9 Å². The predicted octanol–water partition coefficient (Wildman–Crippen LogP) is -0.731. The summed E-state index contributed by atoms with van der Waals surface area (Å²) in [6.45, 7) is -0.0535. The van der Waals surface area contributed by atoms with Gasteiger partial charge in [0.25, 0.3) is 10.2 Å². The molecule has 0 radical (unpaired) electrons. The molecule has 12 heavy (non-hydrogen) atoms. The van der Waals surface area contributed by atoms with E-state index in [2.05, 4.69) is 9.44 Å². The van der Waals surface area contributed by atoms with Crippen molar-refractivity contribution in [1.29, 1.82) is 0 Å². The van der Waals surface area contributed by atoms with Gasteiger partial charge < -0.3 is 5.73 Å². The van der Waals surface area contributed by atoms with Crippen molar-refractivity contribution >= 4 is 10.2 Å². The third kappa shape index (κ3) is 3.06. The van der Waals surface area contributed by atoms with Crippen LogP contribution in [-0.4, -0.2) is 21.1 Å². The largest absolute Gasteiger partial charge is 0.318 e. The second kappa shape index (κ2) is 4.18. The average Bonchev–Trinajstić information content (AvgIpc) is 2.38. The number of hydrogen-bond acceptors (Lipinski definition) is 3. The van der Waals surface area contributed by atoms with Crippen LogP contribution in [0.3, 0.4) is 0 Å². The maximum absolute atomic E-state index is 11.1. The minimum atomic E-state index is -3.34. The molecule has 5 nitrogen and oxygen atoms in total. The van der Waals surface area contributed by atoms with E-state index < -0.39 is 10.2 Å². The predicted molar refractivity (Wildman–Crippen MR) is 46.5 cm³/mol. The van der Waals surface area contributed by atoms with Crippen LogP contribution < -0.4 is 15.2 Å². The lowest BCUT2D eigenvalue weighted by Gasteiger charge is -2.11. The quantitative estimate of drug-likeness (QED) is 0.515. The third-order valence-corrected chi connectivity index (χ3v) is 3.14. The Kier molecular flexibility index (Phi) is 3.45. The zero-order valence-corrected chi connectivity index (χ0v) is 7.73. The van der Waals surface area contributed by atoms with Gasteiger partial charge in [-0.2, -0.15) is 17.9 Å². The highest BCUT2D eigenvalue weighted by atomic mass is 32.2. The molecule has 0 aromatic carbocycles.